The van der Waals surface area contributed by atoms with Crippen LogP contribution in [-0.4, -0.2) is 46.1 Å². The van der Waals surface area contributed by atoms with Gasteiger partial charge in [0, 0.05) is 6.42 Å². The second-order valence-corrected chi connectivity index (χ2v) is 4.41. The van der Waals surface area contributed by atoms with Crippen LogP contribution in [0.5, 0.6) is 0 Å². The maximum absolute atomic E-state index is 11.6. The number of Topliss-reactive ketones (excluding diaryl/α,β-unsaturated/α-hetero) is 1. The van der Waals surface area contributed by atoms with Gasteiger partial charge < -0.3 is 21.3 Å². The summed E-state index contributed by atoms with van der Waals surface area (Å²) in [5.41, 5.74) is 5.39. The number of hydrogen-bond donors (Lipinski definition) is 4. The number of carboxylic acids is 1. The van der Waals surface area contributed by atoms with Crippen molar-refractivity contribution in [3.63, 3.8) is 0 Å². The Morgan fingerprint density at radius 2 is 1.72 bits per heavy atom. The van der Waals surface area contributed by atoms with E-state index in [4.69, 9.17) is 15.9 Å². The minimum absolute atomic E-state index is 0.166. The molecular formula is C11H20N2O5. The molecule has 0 rings (SSSR count). The predicted molar refractivity (Wildman–Crippen MR) is 63.7 cm³/mol. The van der Waals surface area contributed by atoms with Crippen LogP contribution in [0, 0.1) is 5.92 Å². The lowest BCUT2D eigenvalue weighted by Gasteiger charge is -2.18. The fourth-order valence-electron chi connectivity index (χ4n) is 1.18. The summed E-state index contributed by atoms with van der Waals surface area (Å²) < 4.78 is 0. The van der Waals surface area contributed by atoms with Crippen molar-refractivity contribution in [2.24, 2.45) is 11.7 Å². The second kappa shape index (κ2) is 7.07. The molecule has 7 heteroatoms. The number of amides is 1. The van der Waals surface area contributed by atoms with E-state index in [1.54, 1.807) is 0 Å². The van der Waals surface area contributed by atoms with Crippen LogP contribution in [0.2, 0.25) is 0 Å². The molecule has 0 bridgehead atoms. The van der Waals surface area contributed by atoms with Crippen LogP contribution in [0.25, 0.3) is 0 Å². The summed E-state index contributed by atoms with van der Waals surface area (Å²) in [7, 11) is 0. The molecule has 0 radical (unpaired) electrons. The summed E-state index contributed by atoms with van der Waals surface area (Å²) in [4.78, 5) is 33.6. The molecule has 0 heterocycles. The van der Waals surface area contributed by atoms with Gasteiger partial charge in [0.05, 0.1) is 18.1 Å². The Labute approximate surface area is 105 Å². The molecule has 0 aliphatic heterocycles. The number of nitrogens with one attached hydrogen (secondary N) is 1. The van der Waals surface area contributed by atoms with Gasteiger partial charge in [-0.05, 0) is 13.8 Å². The molecule has 0 spiro atoms. The maximum atomic E-state index is 11.6. The number of carboxylic acid groups (broad SMARTS) is 1. The summed E-state index contributed by atoms with van der Waals surface area (Å²) >= 11 is 0. The van der Waals surface area contributed by atoms with Crippen molar-refractivity contribution in [3.05, 3.63) is 0 Å². The van der Waals surface area contributed by atoms with Gasteiger partial charge in [0.1, 0.15) is 6.04 Å². The van der Waals surface area contributed by atoms with E-state index in [0.29, 0.717) is 0 Å². The van der Waals surface area contributed by atoms with Crippen LogP contribution in [0.4, 0.5) is 0 Å². The van der Waals surface area contributed by atoms with Crippen molar-refractivity contribution in [1.29, 1.82) is 0 Å². The van der Waals surface area contributed by atoms with E-state index in [-0.39, 0.29) is 6.42 Å². The first-order valence-electron chi connectivity index (χ1n) is 5.66. The lowest BCUT2D eigenvalue weighted by molar-refractivity contribution is -0.143. The molecule has 1 amide bonds. The summed E-state index contributed by atoms with van der Waals surface area (Å²) in [5, 5.41) is 20.1. The molecule has 5 N–H and O–H groups in total. The second-order valence-electron chi connectivity index (χ2n) is 4.41. The van der Waals surface area contributed by atoms with E-state index >= 15 is 0 Å². The summed E-state index contributed by atoms with van der Waals surface area (Å²) in [6.07, 6.45) is -1.19. The van der Waals surface area contributed by atoms with E-state index < -0.39 is 41.8 Å². The smallest absolute Gasteiger partial charge is 0.306 e. The van der Waals surface area contributed by atoms with Gasteiger partial charge in [-0.3, -0.25) is 14.4 Å². The van der Waals surface area contributed by atoms with E-state index in [9.17, 15) is 14.4 Å². The number of ketones is 1. The van der Waals surface area contributed by atoms with Crippen LogP contribution >= 0.6 is 0 Å². The normalized spacial score (nSPS) is 17.4. The molecule has 0 aromatic rings. The number of aliphatic carboxylic acids is 1. The van der Waals surface area contributed by atoms with Crippen LogP contribution in [0.3, 0.4) is 0 Å². The average molecular weight is 260 g/mol. The number of rotatable bonds is 7. The minimum Gasteiger partial charge on any atom is -0.481 e. The SMILES string of the molecule is C[C@H](CC(=O)[C@H](C)NC(=O)[C@@H](N)[C@@H](C)O)C(=O)O. The maximum Gasteiger partial charge on any atom is 0.306 e. The zero-order valence-corrected chi connectivity index (χ0v) is 10.7. The van der Waals surface area contributed by atoms with Crippen LogP contribution < -0.4 is 11.1 Å². The molecular weight excluding hydrogens is 240 g/mol. The summed E-state index contributed by atoms with van der Waals surface area (Å²) in [6.45, 7) is 4.23. The average Bonchev–Trinajstić information content (AvgIpc) is 2.26. The number of hydrogen-bond acceptors (Lipinski definition) is 5. The Kier molecular flexibility index (Phi) is 6.50. The van der Waals surface area contributed by atoms with Crippen molar-refractivity contribution in [3.8, 4) is 0 Å². The predicted octanol–water partition coefficient (Wildman–Crippen LogP) is -1.12. The highest BCUT2D eigenvalue weighted by Gasteiger charge is 2.25. The van der Waals surface area contributed by atoms with Crippen LogP contribution in [0.1, 0.15) is 27.2 Å². The quantitative estimate of drug-likeness (QED) is 0.458. The van der Waals surface area contributed by atoms with E-state index in [0.717, 1.165) is 0 Å². The highest BCUT2D eigenvalue weighted by atomic mass is 16.4. The number of carbonyl (C=O) groups excluding carboxylic acids is 2. The lowest BCUT2D eigenvalue weighted by Crippen LogP contribution is -2.51. The standard InChI is InChI=1S/C11H20N2O5/c1-5(11(17)18)4-8(15)6(2)13-10(16)9(12)7(3)14/h5-7,9,14H,4,12H2,1-3H3,(H,13,16)(H,17,18)/t5-,6+,7-,9+/m1/s1. The number of carbonyl (C=O) groups is 3. The monoisotopic (exact) mass is 260 g/mol. The molecule has 0 aromatic heterocycles. The van der Waals surface area contributed by atoms with Gasteiger partial charge in [0.15, 0.2) is 5.78 Å². The molecule has 0 aliphatic carbocycles. The van der Waals surface area contributed by atoms with Crippen molar-refractivity contribution in [2.45, 2.75) is 45.4 Å². The van der Waals surface area contributed by atoms with Gasteiger partial charge in [-0.15, -0.1) is 0 Å². The van der Waals surface area contributed by atoms with E-state index in [2.05, 4.69) is 5.32 Å². The van der Waals surface area contributed by atoms with Gasteiger partial charge in [0.2, 0.25) is 5.91 Å². The minimum atomic E-state index is -1.11. The van der Waals surface area contributed by atoms with Crippen LogP contribution in [0.15, 0.2) is 0 Å². The molecule has 0 fully saturated rings. The van der Waals surface area contributed by atoms with Crippen molar-refractivity contribution >= 4 is 17.7 Å². The third-order valence-corrected chi connectivity index (χ3v) is 2.59. The zero-order chi connectivity index (χ0) is 14.5. The number of aliphatic hydroxyl groups excluding tert-OH is 1. The van der Waals surface area contributed by atoms with Gasteiger partial charge >= 0.3 is 5.97 Å². The number of aliphatic hydroxyl groups is 1. The lowest BCUT2D eigenvalue weighted by atomic mass is 10.0. The topological polar surface area (TPSA) is 130 Å². The Hall–Kier alpha value is -1.47. The first kappa shape index (κ1) is 16.5. The summed E-state index contributed by atoms with van der Waals surface area (Å²) in [6, 6.07) is -1.94. The zero-order valence-electron chi connectivity index (χ0n) is 10.7. The third kappa shape index (κ3) is 5.24. The highest BCUT2D eigenvalue weighted by molar-refractivity contribution is 5.92. The Balaban J connectivity index is 4.32. The van der Waals surface area contributed by atoms with Gasteiger partial charge in [-0.2, -0.15) is 0 Å². The molecule has 0 saturated heterocycles. The highest BCUT2D eigenvalue weighted by Crippen LogP contribution is 2.05. The van der Waals surface area contributed by atoms with E-state index in [1.807, 2.05) is 0 Å². The molecule has 0 unspecified atom stereocenters. The third-order valence-electron chi connectivity index (χ3n) is 2.59. The molecule has 0 aliphatic rings. The van der Waals surface area contributed by atoms with Gasteiger partial charge in [-0.1, -0.05) is 6.92 Å². The van der Waals surface area contributed by atoms with Crippen molar-refractivity contribution in [2.75, 3.05) is 0 Å². The summed E-state index contributed by atoms with van der Waals surface area (Å²) in [5.74, 6) is -2.91. The molecule has 0 saturated carbocycles. The first-order chi connectivity index (χ1) is 8.16. The van der Waals surface area contributed by atoms with Crippen molar-refractivity contribution in [1.82, 2.24) is 5.32 Å². The largest absolute Gasteiger partial charge is 0.481 e. The van der Waals surface area contributed by atoms with E-state index in [1.165, 1.54) is 20.8 Å². The molecule has 0 aromatic carbocycles. The fourth-order valence-corrected chi connectivity index (χ4v) is 1.18. The van der Waals surface area contributed by atoms with Crippen molar-refractivity contribution < 1.29 is 24.6 Å². The molecule has 7 nitrogen and oxygen atoms in total. The van der Waals surface area contributed by atoms with Gasteiger partial charge in [-0.25, -0.2) is 0 Å². The fraction of sp³-hybridized carbons (Fsp3) is 0.727. The Morgan fingerprint density at radius 3 is 2.11 bits per heavy atom. The number of nitrogens with two attached hydrogens (primary N) is 1. The molecule has 18 heavy (non-hydrogen) atoms. The molecule has 4 atom stereocenters. The first-order valence-corrected chi connectivity index (χ1v) is 5.66. The van der Waals surface area contributed by atoms with Crippen LogP contribution in [-0.2, 0) is 14.4 Å². The van der Waals surface area contributed by atoms with Gasteiger partial charge in [0.25, 0.3) is 0 Å². The Bertz CT molecular complexity index is 329. The Morgan fingerprint density at radius 1 is 1.22 bits per heavy atom. The molecule has 104 valence electrons.